The number of hydrogen-bond acceptors (Lipinski definition) is 4. The average Bonchev–Trinajstić information content (AvgIpc) is 3.16. The van der Waals surface area contributed by atoms with Crippen LogP contribution in [-0.4, -0.2) is 82.4 Å². The van der Waals surface area contributed by atoms with E-state index in [2.05, 4.69) is 50.5 Å². The van der Waals surface area contributed by atoms with E-state index in [1.54, 1.807) is 4.90 Å². The van der Waals surface area contributed by atoms with Gasteiger partial charge in [-0.1, -0.05) is 41.5 Å². The van der Waals surface area contributed by atoms with Crippen molar-refractivity contribution in [2.75, 3.05) is 26.2 Å². The highest BCUT2D eigenvalue weighted by Crippen LogP contribution is 2.36. The minimum absolute atomic E-state index is 0.0984. The Balaban J connectivity index is 1.95. The lowest BCUT2D eigenvalue weighted by Gasteiger charge is -2.44. The first-order chi connectivity index (χ1) is 19.7. The van der Waals surface area contributed by atoms with E-state index in [4.69, 9.17) is 9.73 Å². The quantitative estimate of drug-likeness (QED) is 0.187. The molecule has 2 aliphatic heterocycles. The maximum absolute atomic E-state index is 14.6. The molecule has 2 heterocycles. The molecule has 2 amide bonds. The van der Waals surface area contributed by atoms with Crippen LogP contribution < -0.4 is 0 Å². The Morgan fingerprint density at radius 3 is 2.10 bits per heavy atom. The SMILES string of the molecule is C/C=C(/C)C(C(=NCC)N1CC2CCC(C1)N2C(=O)C(CN(C(=O)OC(C)(C)C)C(C)C)c1ccc(C)cc1)=C(C)C. The Kier molecular flexibility index (Phi) is 11.1. The zero-order valence-electron chi connectivity index (χ0n) is 28.0. The number of amides is 2. The molecule has 7 heteroatoms. The molecule has 3 atom stereocenters. The minimum Gasteiger partial charge on any atom is -0.444 e. The van der Waals surface area contributed by atoms with E-state index in [9.17, 15) is 9.59 Å². The van der Waals surface area contributed by atoms with Gasteiger partial charge in [-0.05, 0) is 100 Å². The molecule has 0 N–H and O–H groups in total. The minimum atomic E-state index is -0.615. The number of likely N-dealkylation sites (tertiary alicyclic amines) is 1. The van der Waals surface area contributed by atoms with E-state index in [-0.39, 0.29) is 36.7 Å². The van der Waals surface area contributed by atoms with E-state index < -0.39 is 11.5 Å². The van der Waals surface area contributed by atoms with Gasteiger partial charge in [-0.15, -0.1) is 0 Å². The summed E-state index contributed by atoms with van der Waals surface area (Å²) in [5.41, 5.74) is 5.14. The molecule has 2 bridgehead atoms. The number of hydrogen-bond donors (Lipinski definition) is 0. The molecule has 2 fully saturated rings. The molecule has 232 valence electrons. The molecule has 3 rings (SSSR count). The number of rotatable bonds is 8. The molecular weight excluding hydrogens is 524 g/mol. The third-order valence-electron chi connectivity index (χ3n) is 8.30. The molecule has 2 saturated heterocycles. The second-order valence-corrected chi connectivity index (χ2v) is 13.4. The van der Waals surface area contributed by atoms with Gasteiger partial charge < -0.3 is 19.4 Å². The van der Waals surface area contributed by atoms with Crippen LogP contribution in [0.4, 0.5) is 4.79 Å². The van der Waals surface area contributed by atoms with Gasteiger partial charge in [-0.2, -0.15) is 0 Å². The fourth-order valence-corrected chi connectivity index (χ4v) is 6.18. The first-order valence-corrected chi connectivity index (χ1v) is 15.7. The van der Waals surface area contributed by atoms with E-state index >= 15 is 0 Å². The third kappa shape index (κ3) is 7.84. The van der Waals surface area contributed by atoms with Gasteiger partial charge >= 0.3 is 6.09 Å². The Bertz CT molecular complexity index is 1190. The Morgan fingerprint density at radius 1 is 1.07 bits per heavy atom. The van der Waals surface area contributed by atoms with E-state index in [1.165, 1.54) is 16.7 Å². The summed E-state index contributed by atoms with van der Waals surface area (Å²) >= 11 is 0. The van der Waals surface area contributed by atoms with Gasteiger partial charge in [0.15, 0.2) is 0 Å². The van der Waals surface area contributed by atoms with E-state index in [0.29, 0.717) is 6.54 Å². The topological polar surface area (TPSA) is 65.5 Å². The molecule has 0 aliphatic carbocycles. The van der Waals surface area contributed by atoms with Gasteiger partial charge in [0.1, 0.15) is 11.4 Å². The number of aliphatic imine (C=N–C) groups is 1. The van der Waals surface area contributed by atoms with Crippen molar-refractivity contribution >= 4 is 17.8 Å². The molecule has 0 aromatic heterocycles. The summed E-state index contributed by atoms with van der Waals surface area (Å²) in [4.78, 5) is 39.1. The Morgan fingerprint density at radius 2 is 1.64 bits per heavy atom. The van der Waals surface area contributed by atoms with Crippen LogP contribution in [0.25, 0.3) is 0 Å². The normalized spacial score (nSPS) is 20.1. The smallest absolute Gasteiger partial charge is 0.410 e. The molecule has 0 spiro atoms. The first kappa shape index (κ1) is 33.4. The molecule has 3 unspecified atom stereocenters. The third-order valence-corrected chi connectivity index (χ3v) is 8.30. The summed E-state index contributed by atoms with van der Waals surface area (Å²) < 4.78 is 5.76. The Hall–Kier alpha value is -3.09. The monoisotopic (exact) mass is 578 g/mol. The van der Waals surface area contributed by atoms with Crippen molar-refractivity contribution in [2.45, 2.75) is 119 Å². The molecule has 1 aromatic rings. The van der Waals surface area contributed by atoms with Crippen molar-refractivity contribution in [1.82, 2.24) is 14.7 Å². The number of benzene rings is 1. The van der Waals surface area contributed by atoms with Crippen LogP contribution in [0.5, 0.6) is 0 Å². The predicted octanol–water partition coefficient (Wildman–Crippen LogP) is 7.12. The molecule has 0 saturated carbocycles. The highest BCUT2D eigenvalue weighted by atomic mass is 16.6. The maximum Gasteiger partial charge on any atom is 0.410 e. The predicted molar refractivity (Wildman–Crippen MR) is 173 cm³/mol. The van der Waals surface area contributed by atoms with Crippen LogP contribution in [0.1, 0.15) is 99.1 Å². The number of ether oxygens (including phenoxy) is 1. The summed E-state index contributed by atoms with van der Waals surface area (Å²) in [5.74, 6) is 0.668. The number of carbonyl (C=O) groups excluding carboxylic acids is 2. The van der Waals surface area contributed by atoms with Crippen molar-refractivity contribution in [2.24, 2.45) is 4.99 Å². The van der Waals surface area contributed by atoms with Crippen molar-refractivity contribution in [3.05, 3.63) is 58.2 Å². The van der Waals surface area contributed by atoms with Gasteiger partial charge in [0, 0.05) is 49.9 Å². The van der Waals surface area contributed by atoms with Crippen LogP contribution in [0.15, 0.2) is 52.1 Å². The standard InChI is InChI=1S/C35H54N4O3/c1-12-26(8)31(23(3)4)32(36-13-2)37-20-28-18-19-29(21-37)39(28)33(40)30(27-16-14-25(7)15-17-27)22-38(24(5)6)34(41)42-35(9,10)11/h12,14-17,24,28-30H,13,18-22H2,1-11H3/b26-12-,36-32?. The Labute approximate surface area is 254 Å². The fourth-order valence-electron chi connectivity index (χ4n) is 6.18. The zero-order valence-corrected chi connectivity index (χ0v) is 28.0. The lowest BCUT2D eigenvalue weighted by molar-refractivity contribution is -0.138. The number of carbonyl (C=O) groups is 2. The van der Waals surface area contributed by atoms with Crippen LogP contribution in [0.2, 0.25) is 0 Å². The molecular formula is C35H54N4O3. The molecule has 0 radical (unpaired) electrons. The second kappa shape index (κ2) is 13.9. The van der Waals surface area contributed by atoms with Crippen molar-refractivity contribution < 1.29 is 14.3 Å². The van der Waals surface area contributed by atoms with Gasteiger partial charge in [0.2, 0.25) is 5.91 Å². The van der Waals surface area contributed by atoms with E-state index in [0.717, 1.165) is 42.9 Å². The van der Waals surface area contributed by atoms with Gasteiger partial charge in [0.05, 0.1) is 5.92 Å². The number of allylic oxidation sites excluding steroid dienone is 2. The molecule has 2 aliphatic rings. The summed E-state index contributed by atoms with van der Waals surface area (Å²) in [7, 11) is 0. The van der Waals surface area contributed by atoms with Crippen LogP contribution in [0, 0.1) is 6.92 Å². The van der Waals surface area contributed by atoms with Crippen molar-refractivity contribution in [1.29, 1.82) is 0 Å². The molecule has 42 heavy (non-hydrogen) atoms. The average molecular weight is 579 g/mol. The number of fused-ring (bicyclic) bond motifs is 2. The van der Waals surface area contributed by atoms with Crippen LogP contribution in [-0.2, 0) is 9.53 Å². The number of amidine groups is 1. The highest BCUT2D eigenvalue weighted by molar-refractivity contribution is 6.03. The summed E-state index contributed by atoms with van der Waals surface area (Å²) in [6.07, 6.45) is 3.71. The van der Waals surface area contributed by atoms with Gasteiger partial charge in [0.25, 0.3) is 0 Å². The number of aryl methyl sites for hydroxylation is 1. The molecule has 1 aromatic carbocycles. The lowest BCUT2D eigenvalue weighted by atomic mass is 9.94. The van der Waals surface area contributed by atoms with E-state index in [1.807, 2.05) is 65.8 Å². The summed E-state index contributed by atoms with van der Waals surface area (Å²) in [5, 5.41) is 0. The van der Waals surface area contributed by atoms with Crippen molar-refractivity contribution in [3.8, 4) is 0 Å². The second-order valence-electron chi connectivity index (χ2n) is 13.4. The largest absolute Gasteiger partial charge is 0.444 e. The van der Waals surface area contributed by atoms with Crippen LogP contribution >= 0.6 is 0 Å². The number of nitrogens with zero attached hydrogens (tertiary/aromatic N) is 4. The zero-order chi connectivity index (χ0) is 31.4. The van der Waals surface area contributed by atoms with Gasteiger partial charge in [-0.25, -0.2) is 4.79 Å². The summed E-state index contributed by atoms with van der Waals surface area (Å²) in [6, 6.07) is 8.27. The number of piperazine rings is 1. The van der Waals surface area contributed by atoms with Crippen molar-refractivity contribution in [3.63, 3.8) is 0 Å². The highest BCUT2D eigenvalue weighted by Gasteiger charge is 2.46. The summed E-state index contributed by atoms with van der Waals surface area (Å²) in [6.45, 7) is 24.7. The van der Waals surface area contributed by atoms with Gasteiger partial charge in [-0.3, -0.25) is 9.79 Å². The molecule has 7 nitrogen and oxygen atoms in total. The fraction of sp³-hybridized carbons (Fsp3) is 0.629. The van der Waals surface area contributed by atoms with Crippen LogP contribution in [0.3, 0.4) is 0 Å². The maximum atomic E-state index is 14.6. The lowest BCUT2D eigenvalue weighted by Crippen LogP contribution is -2.59. The first-order valence-electron chi connectivity index (χ1n) is 15.7.